The van der Waals surface area contributed by atoms with Crippen LogP contribution < -0.4 is 0 Å². The van der Waals surface area contributed by atoms with E-state index in [2.05, 4.69) is 0 Å². The largest absolute Gasteiger partial charge is 0.461 e. The Balaban J connectivity index is 2.66. The molecule has 0 aliphatic carbocycles. The fourth-order valence-electron chi connectivity index (χ4n) is 1.67. The van der Waals surface area contributed by atoms with Gasteiger partial charge in [-0.15, -0.1) is 0 Å². The maximum absolute atomic E-state index is 11.6. The van der Waals surface area contributed by atoms with Gasteiger partial charge in [-0.2, -0.15) is 0 Å². The minimum atomic E-state index is -0.694. The molecule has 0 saturated heterocycles. The molecule has 2 rings (SSSR count). The Kier molecular flexibility index (Phi) is 2.78. The lowest BCUT2D eigenvalue weighted by Crippen LogP contribution is -2.17. The summed E-state index contributed by atoms with van der Waals surface area (Å²) in [4.78, 5) is 22.6. The van der Waals surface area contributed by atoms with Crippen molar-refractivity contribution >= 4 is 16.9 Å². The summed E-state index contributed by atoms with van der Waals surface area (Å²) >= 11 is 0. The smallest absolute Gasteiger partial charge is 0.361 e. The molecule has 1 aromatic heterocycles. The molecule has 0 spiro atoms. The van der Waals surface area contributed by atoms with Crippen molar-refractivity contribution in [1.29, 1.82) is 0 Å². The van der Waals surface area contributed by atoms with Gasteiger partial charge in [0.05, 0.1) is 6.61 Å². The highest BCUT2D eigenvalue weighted by atomic mass is 16.7. The predicted molar refractivity (Wildman–Crippen MR) is 60.3 cm³/mol. The summed E-state index contributed by atoms with van der Waals surface area (Å²) in [6.45, 7) is 1.83. The van der Waals surface area contributed by atoms with Crippen molar-refractivity contribution in [2.24, 2.45) is 0 Å². The zero-order chi connectivity index (χ0) is 12.4. The second-order valence-corrected chi connectivity index (χ2v) is 3.36. The van der Waals surface area contributed by atoms with Crippen molar-refractivity contribution in [3.05, 3.63) is 46.1 Å². The van der Waals surface area contributed by atoms with Gasteiger partial charge >= 0.3 is 5.97 Å². The van der Waals surface area contributed by atoms with E-state index >= 15 is 0 Å². The number of nitro groups is 1. The van der Waals surface area contributed by atoms with E-state index in [1.165, 1.54) is 6.07 Å². The molecule has 0 fully saturated rings. The van der Waals surface area contributed by atoms with Crippen LogP contribution in [0.25, 0.3) is 10.9 Å². The summed E-state index contributed by atoms with van der Waals surface area (Å²) in [7, 11) is 0. The van der Waals surface area contributed by atoms with Crippen molar-refractivity contribution in [3.8, 4) is 0 Å². The SMILES string of the molecule is CCOC(=O)c1cc2ccccc2n1[N+](=O)[O-]. The van der Waals surface area contributed by atoms with Gasteiger partial charge in [0.2, 0.25) is 0 Å². The zero-order valence-corrected chi connectivity index (χ0v) is 9.12. The molecule has 1 heterocycles. The summed E-state index contributed by atoms with van der Waals surface area (Å²) < 4.78 is 5.53. The van der Waals surface area contributed by atoms with Gasteiger partial charge in [0.15, 0.2) is 10.7 Å². The first kappa shape index (κ1) is 11.1. The number of fused-ring (bicyclic) bond motifs is 1. The molecular weight excluding hydrogens is 224 g/mol. The van der Waals surface area contributed by atoms with E-state index in [1.54, 1.807) is 31.2 Å². The quantitative estimate of drug-likeness (QED) is 0.461. The van der Waals surface area contributed by atoms with Gasteiger partial charge in [-0.1, -0.05) is 22.9 Å². The number of hydrogen-bond acceptors (Lipinski definition) is 4. The minimum Gasteiger partial charge on any atom is -0.461 e. The average Bonchev–Trinajstić information content (AvgIpc) is 2.68. The first-order chi connectivity index (χ1) is 8.15. The van der Waals surface area contributed by atoms with E-state index in [1.807, 2.05) is 0 Å². The Bertz CT molecular complexity index is 588. The van der Waals surface area contributed by atoms with Crippen LogP contribution in [0.3, 0.4) is 0 Å². The second-order valence-electron chi connectivity index (χ2n) is 3.36. The van der Waals surface area contributed by atoms with Crippen LogP contribution in [0.1, 0.15) is 17.4 Å². The summed E-state index contributed by atoms with van der Waals surface area (Å²) in [5.41, 5.74) is 0.304. The molecular formula is C11H10N2O4. The molecule has 0 aliphatic heterocycles. The van der Waals surface area contributed by atoms with E-state index in [0.717, 1.165) is 4.68 Å². The normalized spacial score (nSPS) is 10.4. The van der Waals surface area contributed by atoms with E-state index < -0.39 is 11.0 Å². The Hall–Kier alpha value is -2.37. The first-order valence-electron chi connectivity index (χ1n) is 5.07. The fraction of sp³-hybridized carbons (Fsp3) is 0.182. The molecule has 0 atom stereocenters. The molecule has 6 heteroatoms. The highest BCUT2D eigenvalue weighted by molar-refractivity contribution is 5.95. The topological polar surface area (TPSA) is 74.4 Å². The molecule has 6 nitrogen and oxygen atoms in total. The number of aromatic nitrogens is 1. The number of ether oxygens (including phenoxy) is 1. The lowest BCUT2D eigenvalue weighted by atomic mass is 10.2. The van der Waals surface area contributed by atoms with Crippen LogP contribution in [0, 0.1) is 10.1 Å². The van der Waals surface area contributed by atoms with Crippen molar-refractivity contribution in [3.63, 3.8) is 0 Å². The number of rotatable bonds is 3. The number of esters is 1. The summed E-state index contributed by atoms with van der Waals surface area (Å²) in [5.74, 6) is -0.694. The highest BCUT2D eigenvalue weighted by Crippen LogP contribution is 2.20. The number of carbonyl (C=O) groups excluding carboxylic acids is 1. The highest BCUT2D eigenvalue weighted by Gasteiger charge is 2.23. The third-order valence-electron chi connectivity index (χ3n) is 2.33. The zero-order valence-electron chi connectivity index (χ0n) is 9.12. The van der Waals surface area contributed by atoms with Crippen molar-refractivity contribution in [1.82, 2.24) is 4.68 Å². The van der Waals surface area contributed by atoms with Crippen LogP contribution in [0.5, 0.6) is 0 Å². The van der Waals surface area contributed by atoms with Gasteiger partial charge in [-0.25, -0.2) is 14.9 Å². The van der Waals surface area contributed by atoms with E-state index in [4.69, 9.17) is 4.74 Å². The third kappa shape index (κ3) is 1.84. The molecule has 0 saturated carbocycles. The summed E-state index contributed by atoms with van der Waals surface area (Å²) in [5, 5.41) is 11.0. The van der Waals surface area contributed by atoms with Gasteiger partial charge in [-0.05, 0) is 19.1 Å². The molecule has 0 N–H and O–H groups in total. The second kappa shape index (κ2) is 4.25. The van der Waals surface area contributed by atoms with Gasteiger partial charge in [0.1, 0.15) is 5.52 Å². The number of benzene rings is 1. The van der Waals surface area contributed by atoms with Crippen molar-refractivity contribution < 1.29 is 14.6 Å². The number of hydrogen-bond donors (Lipinski definition) is 0. The number of para-hydroxylation sites is 1. The average molecular weight is 234 g/mol. The summed E-state index contributed by atoms with van der Waals surface area (Å²) in [6.07, 6.45) is 0. The molecule has 88 valence electrons. The molecule has 0 aliphatic rings. The van der Waals surface area contributed by atoms with E-state index in [9.17, 15) is 14.9 Å². The molecule has 2 aromatic rings. The Labute approximate surface area is 96.5 Å². The monoisotopic (exact) mass is 234 g/mol. The molecule has 0 unspecified atom stereocenters. The van der Waals surface area contributed by atoms with Gasteiger partial charge in [0, 0.05) is 5.39 Å². The predicted octanol–water partition coefficient (Wildman–Crippen LogP) is 1.86. The van der Waals surface area contributed by atoms with Crippen LogP contribution in [0.15, 0.2) is 30.3 Å². The van der Waals surface area contributed by atoms with Crippen LogP contribution >= 0.6 is 0 Å². The van der Waals surface area contributed by atoms with Crippen molar-refractivity contribution in [2.75, 3.05) is 6.61 Å². The van der Waals surface area contributed by atoms with Crippen LogP contribution in [0.4, 0.5) is 0 Å². The third-order valence-corrected chi connectivity index (χ3v) is 2.33. The lowest BCUT2D eigenvalue weighted by Gasteiger charge is -2.00. The van der Waals surface area contributed by atoms with Gasteiger partial charge < -0.3 is 4.74 Å². The Morgan fingerprint density at radius 1 is 1.47 bits per heavy atom. The van der Waals surface area contributed by atoms with E-state index in [-0.39, 0.29) is 12.3 Å². The Morgan fingerprint density at radius 3 is 2.82 bits per heavy atom. The van der Waals surface area contributed by atoms with Crippen LogP contribution in [-0.2, 0) is 4.74 Å². The first-order valence-corrected chi connectivity index (χ1v) is 5.07. The van der Waals surface area contributed by atoms with Crippen LogP contribution in [-0.4, -0.2) is 22.3 Å². The maximum atomic E-state index is 11.6. The van der Waals surface area contributed by atoms with Gasteiger partial charge in [-0.3, -0.25) is 0 Å². The number of nitrogens with zero attached hydrogens (tertiary/aromatic N) is 2. The lowest BCUT2D eigenvalue weighted by molar-refractivity contribution is -0.538. The molecule has 0 radical (unpaired) electrons. The molecule has 1 aromatic carbocycles. The maximum Gasteiger partial charge on any atom is 0.361 e. The molecule has 17 heavy (non-hydrogen) atoms. The standard InChI is InChI=1S/C11H10N2O4/c1-2-17-11(14)10-7-8-5-3-4-6-9(8)12(10)13(15)16/h3-7H,2H2,1H3. The van der Waals surface area contributed by atoms with Gasteiger partial charge in [0.25, 0.3) is 0 Å². The fourth-order valence-corrected chi connectivity index (χ4v) is 1.67. The molecule has 0 amide bonds. The summed E-state index contributed by atoms with van der Waals surface area (Å²) in [6, 6.07) is 8.17. The van der Waals surface area contributed by atoms with E-state index in [0.29, 0.717) is 10.9 Å². The number of carbonyl (C=O) groups is 1. The Morgan fingerprint density at radius 2 is 2.18 bits per heavy atom. The minimum absolute atomic E-state index is 0.0712. The molecule has 0 bridgehead atoms. The van der Waals surface area contributed by atoms with Crippen LogP contribution in [0.2, 0.25) is 0 Å². The van der Waals surface area contributed by atoms with Crippen molar-refractivity contribution in [2.45, 2.75) is 6.92 Å².